The van der Waals surface area contributed by atoms with Crippen LogP contribution in [0.2, 0.25) is 0 Å². The average molecular weight is 388 g/mol. The van der Waals surface area contributed by atoms with Gasteiger partial charge >= 0.3 is 5.97 Å². The van der Waals surface area contributed by atoms with Gasteiger partial charge in [-0.1, -0.05) is 12.1 Å². The number of ketones is 1. The fourth-order valence-corrected chi connectivity index (χ4v) is 7.19. The summed E-state index contributed by atoms with van der Waals surface area (Å²) in [6, 6.07) is 11.2. The van der Waals surface area contributed by atoms with Crippen LogP contribution in [0.25, 0.3) is 0 Å². The first-order chi connectivity index (χ1) is 14.0. The zero-order valence-corrected chi connectivity index (χ0v) is 16.6. The first-order valence-electron chi connectivity index (χ1n) is 10.5. The standard InChI is InChI=1S/C24H24N2O3/c1-29-22(28)18-4-2-17(3-5-18)19-20(24(19,12-25)13-26)21(27)23-9-14-6-15(10-23)8-16(7-14)11-23/h2-5,14-16,19-20H,6-11H2,1H3/t14?,15?,16?,19-,20+,23?/m0/s1. The predicted octanol–water partition coefficient (Wildman–Crippen LogP) is 4.01. The third-order valence-corrected chi connectivity index (χ3v) is 8.11. The molecule has 6 rings (SSSR count). The Morgan fingerprint density at radius 1 is 0.966 bits per heavy atom. The van der Waals surface area contributed by atoms with Crippen LogP contribution in [0.5, 0.6) is 0 Å². The van der Waals surface area contributed by atoms with Crippen molar-refractivity contribution in [1.82, 2.24) is 0 Å². The molecule has 0 aliphatic heterocycles. The molecule has 5 aliphatic carbocycles. The Kier molecular flexibility index (Phi) is 3.91. The SMILES string of the molecule is COC(=O)c1ccc([C@H]2[C@H](C(=O)C34CC5CC(CC(C5)C3)C4)C2(C#N)C#N)cc1. The zero-order chi connectivity index (χ0) is 20.4. The van der Waals surface area contributed by atoms with Gasteiger partial charge in [0, 0.05) is 11.3 Å². The molecular weight excluding hydrogens is 364 g/mol. The summed E-state index contributed by atoms with van der Waals surface area (Å²) in [5.41, 5.74) is -0.407. The molecule has 0 heterocycles. The molecule has 0 amide bonds. The molecule has 0 saturated heterocycles. The van der Waals surface area contributed by atoms with E-state index < -0.39 is 23.2 Å². The molecule has 5 nitrogen and oxygen atoms in total. The highest BCUT2D eigenvalue weighted by Gasteiger charge is 2.73. The fraction of sp³-hybridized carbons (Fsp3) is 0.583. The van der Waals surface area contributed by atoms with Gasteiger partial charge in [-0.2, -0.15) is 10.5 Å². The first kappa shape index (κ1) is 18.4. The molecule has 29 heavy (non-hydrogen) atoms. The number of carbonyl (C=O) groups is 2. The van der Waals surface area contributed by atoms with Crippen LogP contribution in [-0.2, 0) is 9.53 Å². The monoisotopic (exact) mass is 388 g/mol. The van der Waals surface area contributed by atoms with Crippen molar-refractivity contribution in [3.63, 3.8) is 0 Å². The van der Waals surface area contributed by atoms with Gasteiger partial charge in [-0.15, -0.1) is 0 Å². The molecule has 5 fully saturated rings. The van der Waals surface area contributed by atoms with Crippen LogP contribution < -0.4 is 0 Å². The van der Waals surface area contributed by atoms with Crippen molar-refractivity contribution in [3.8, 4) is 12.1 Å². The number of methoxy groups -OCH3 is 1. The van der Waals surface area contributed by atoms with Crippen molar-refractivity contribution in [1.29, 1.82) is 10.5 Å². The second-order valence-electron chi connectivity index (χ2n) is 9.72. The van der Waals surface area contributed by atoms with E-state index in [4.69, 9.17) is 4.74 Å². The highest BCUT2D eigenvalue weighted by molar-refractivity contribution is 5.94. The summed E-state index contributed by atoms with van der Waals surface area (Å²) in [4.78, 5) is 25.5. The van der Waals surface area contributed by atoms with E-state index in [1.165, 1.54) is 26.4 Å². The van der Waals surface area contributed by atoms with Crippen LogP contribution in [0.4, 0.5) is 0 Å². The maximum absolute atomic E-state index is 13.8. The topological polar surface area (TPSA) is 90.9 Å². The third kappa shape index (κ3) is 2.50. The van der Waals surface area contributed by atoms with Crippen molar-refractivity contribution in [2.45, 2.75) is 44.4 Å². The van der Waals surface area contributed by atoms with Gasteiger partial charge in [0.2, 0.25) is 0 Å². The van der Waals surface area contributed by atoms with Crippen LogP contribution in [0.3, 0.4) is 0 Å². The average Bonchev–Trinajstić information content (AvgIpc) is 3.40. The Balaban J connectivity index is 1.46. The highest BCUT2D eigenvalue weighted by atomic mass is 16.5. The molecule has 1 aromatic carbocycles. The molecule has 0 aromatic heterocycles. The summed E-state index contributed by atoms with van der Waals surface area (Å²) < 4.78 is 4.73. The minimum Gasteiger partial charge on any atom is -0.465 e. The normalized spacial score (nSPS) is 38.0. The summed E-state index contributed by atoms with van der Waals surface area (Å²) in [5, 5.41) is 19.7. The lowest BCUT2D eigenvalue weighted by molar-refractivity contribution is -0.145. The van der Waals surface area contributed by atoms with E-state index >= 15 is 0 Å². The Morgan fingerprint density at radius 3 is 1.93 bits per heavy atom. The lowest BCUT2D eigenvalue weighted by Crippen LogP contribution is -2.50. The Hall–Kier alpha value is -2.66. The predicted molar refractivity (Wildman–Crippen MR) is 103 cm³/mol. The van der Waals surface area contributed by atoms with Crippen LogP contribution in [0.1, 0.15) is 60.4 Å². The number of esters is 1. The summed E-state index contributed by atoms with van der Waals surface area (Å²) in [6.45, 7) is 0. The fourth-order valence-electron chi connectivity index (χ4n) is 7.19. The Morgan fingerprint density at radius 2 is 1.48 bits per heavy atom. The first-order valence-corrected chi connectivity index (χ1v) is 10.5. The molecule has 1 aromatic rings. The van der Waals surface area contributed by atoms with Gasteiger partial charge in [0.15, 0.2) is 5.41 Å². The number of hydrogen-bond acceptors (Lipinski definition) is 5. The molecule has 2 atom stereocenters. The summed E-state index contributed by atoms with van der Waals surface area (Å²) in [6.07, 6.45) is 6.56. The van der Waals surface area contributed by atoms with Gasteiger partial charge in [0.25, 0.3) is 0 Å². The van der Waals surface area contributed by atoms with Crippen LogP contribution >= 0.6 is 0 Å². The van der Waals surface area contributed by atoms with Crippen LogP contribution in [0, 0.1) is 57.2 Å². The number of benzene rings is 1. The van der Waals surface area contributed by atoms with E-state index in [-0.39, 0.29) is 11.2 Å². The maximum Gasteiger partial charge on any atom is 0.337 e. The van der Waals surface area contributed by atoms with E-state index in [9.17, 15) is 20.1 Å². The Bertz CT molecular complexity index is 916. The number of carbonyl (C=O) groups excluding carboxylic acids is 2. The van der Waals surface area contributed by atoms with E-state index in [0.717, 1.165) is 24.8 Å². The van der Waals surface area contributed by atoms with Gasteiger partial charge in [-0.05, 0) is 74.0 Å². The lowest BCUT2D eigenvalue weighted by atomic mass is 9.48. The molecule has 4 bridgehead atoms. The van der Waals surface area contributed by atoms with Gasteiger partial charge in [-0.3, -0.25) is 4.79 Å². The van der Waals surface area contributed by atoms with Crippen molar-refractivity contribution < 1.29 is 14.3 Å². The molecule has 5 heteroatoms. The molecule has 5 saturated carbocycles. The molecule has 0 spiro atoms. The molecule has 148 valence electrons. The number of rotatable bonds is 4. The van der Waals surface area contributed by atoms with Crippen LogP contribution in [0.15, 0.2) is 24.3 Å². The Labute approximate surface area is 170 Å². The van der Waals surface area contributed by atoms with Crippen molar-refractivity contribution in [2.75, 3.05) is 7.11 Å². The molecular formula is C24H24N2O3. The minimum atomic E-state index is -1.28. The number of nitriles is 2. The minimum absolute atomic E-state index is 0.154. The van der Waals surface area contributed by atoms with Gasteiger partial charge in [0.05, 0.1) is 30.7 Å². The van der Waals surface area contributed by atoms with Gasteiger partial charge < -0.3 is 4.74 Å². The largest absolute Gasteiger partial charge is 0.465 e. The van der Waals surface area contributed by atoms with E-state index in [1.54, 1.807) is 24.3 Å². The smallest absolute Gasteiger partial charge is 0.337 e. The summed E-state index contributed by atoms with van der Waals surface area (Å²) in [7, 11) is 1.33. The highest BCUT2D eigenvalue weighted by Crippen LogP contribution is 2.70. The second-order valence-corrected chi connectivity index (χ2v) is 9.72. The maximum atomic E-state index is 13.8. The quantitative estimate of drug-likeness (QED) is 0.727. The van der Waals surface area contributed by atoms with Gasteiger partial charge in [-0.25, -0.2) is 4.79 Å². The van der Waals surface area contributed by atoms with E-state index in [0.29, 0.717) is 23.3 Å². The van der Waals surface area contributed by atoms with E-state index in [1.807, 2.05) is 0 Å². The number of Topliss-reactive ketones (excluding diaryl/α,β-unsaturated/α-hetero) is 1. The number of ether oxygens (including phenoxy) is 1. The molecule has 0 unspecified atom stereocenters. The lowest BCUT2D eigenvalue weighted by Gasteiger charge is -2.56. The van der Waals surface area contributed by atoms with Crippen molar-refractivity contribution in [3.05, 3.63) is 35.4 Å². The molecule has 5 aliphatic rings. The third-order valence-electron chi connectivity index (χ3n) is 8.11. The number of hydrogen-bond donors (Lipinski definition) is 0. The molecule has 0 radical (unpaired) electrons. The van der Waals surface area contributed by atoms with Gasteiger partial charge in [0.1, 0.15) is 5.78 Å². The second kappa shape index (κ2) is 6.17. The van der Waals surface area contributed by atoms with E-state index in [2.05, 4.69) is 12.1 Å². The van der Waals surface area contributed by atoms with Crippen LogP contribution in [-0.4, -0.2) is 18.9 Å². The summed E-state index contributed by atoms with van der Waals surface area (Å²) >= 11 is 0. The molecule has 0 N–H and O–H groups in total. The van der Waals surface area contributed by atoms with Crippen molar-refractivity contribution >= 4 is 11.8 Å². The summed E-state index contributed by atoms with van der Waals surface area (Å²) in [5.74, 6) is 0.672. The number of nitrogens with zero attached hydrogens (tertiary/aromatic N) is 2. The zero-order valence-electron chi connectivity index (χ0n) is 16.6. The van der Waals surface area contributed by atoms with Crippen molar-refractivity contribution in [2.24, 2.45) is 34.5 Å².